The Kier molecular flexibility index (Phi) is 4.03. The van der Waals surface area contributed by atoms with Gasteiger partial charge >= 0.3 is 0 Å². The SMILES string of the molecule is CCOc1ccccc1CN1CCc2ccccc2C1. The van der Waals surface area contributed by atoms with E-state index >= 15 is 0 Å². The summed E-state index contributed by atoms with van der Waals surface area (Å²) in [4.78, 5) is 2.50. The summed E-state index contributed by atoms with van der Waals surface area (Å²) >= 11 is 0. The molecule has 0 atom stereocenters. The van der Waals surface area contributed by atoms with E-state index in [1.54, 1.807) is 0 Å². The second-order valence-electron chi connectivity index (χ2n) is 5.27. The van der Waals surface area contributed by atoms with Crippen molar-refractivity contribution >= 4 is 0 Å². The number of hydrogen-bond donors (Lipinski definition) is 0. The lowest BCUT2D eigenvalue weighted by atomic mass is 9.99. The molecular weight excluding hydrogens is 246 g/mol. The van der Waals surface area contributed by atoms with Gasteiger partial charge in [0.05, 0.1) is 6.61 Å². The van der Waals surface area contributed by atoms with Crippen LogP contribution in [0.2, 0.25) is 0 Å². The summed E-state index contributed by atoms with van der Waals surface area (Å²) in [5.74, 6) is 1.02. The maximum absolute atomic E-state index is 5.72. The van der Waals surface area contributed by atoms with Crippen molar-refractivity contribution in [3.8, 4) is 5.75 Å². The number of ether oxygens (including phenoxy) is 1. The third kappa shape index (κ3) is 2.86. The van der Waals surface area contributed by atoms with Crippen LogP contribution in [0.15, 0.2) is 48.5 Å². The van der Waals surface area contributed by atoms with Gasteiger partial charge in [0.15, 0.2) is 0 Å². The van der Waals surface area contributed by atoms with E-state index in [0.29, 0.717) is 0 Å². The molecule has 2 aromatic carbocycles. The molecule has 104 valence electrons. The van der Waals surface area contributed by atoms with Gasteiger partial charge in [0.1, 0.15) is 5.75 Å². The average Bonchev–Trinajstić information content (AvgIpc) is 2.49. The minimum Gasteiger partial charge on any atom is -0.494 e. The minimum atomic E-state index is 0.722. The van der Waals surface area contributed by atoms with Crippen molar-refractivity contribution in [2.75, 3.05) is 13.2 Å². The van der Waals surface area contributed by atoms with Gasteiger partial charge in [0.2, 0.25) is 0 Å². The number of para-hydroxylation sites is 1. The molecule has 0 radical (unpaired) electrons. The first kappa shape index (κ1) is 13.2. The Morgan fingerprint density at radius 3 is 2.60 bits per heavy atom. The summed E-state index contributed by atoms with van der Waals surface area (Å²) in [5.41, 5.74) is 4.25. The van der Waals surface area contributed by atoms with E-state index in [-0.39, 0.29) is 0 Å². The summed E-state index contributed by atoms with van der Waals surface area (Å²) in [6.45, 7) is 5.88. The van der Waals surface area contributed by atoms with Crippen LogP contribution >= 0.6 is 0 Å². The van der Waals surface area contributed by atoms with Gasteiger partial charge in [0, 0.05) is 25.2 Å². The Labute approximate surface area is 121 Å². The summed E-state index contributed by atoms with van der Waals surface area (Å²) in [6, 6.07) is 17.1. The third-order valence-corrected chi connectivity index (χ3v) is 3.88. The fraction of sp³-hybridized carbons (Fsp3) is 0.333. The average molecular weight is 267 g/mol. The summed E-state index contributed by atoms with van der Waals surface area (Å²) in [7, 11) is 0. The number of benzene rings is 2. The zero-order chi connectivity index (χ0) is 13.8. The van der Waals surface area contributed by atoms with Crippen LogP contribution < -0.4 is 4.74 Å². The van der Waals surface area contributed by atoms with Crippen LogP contribution in [0.5, 0.6) is 5.75 Å². The zero-order valence-corrected chi connectivity index (χ0v) is 12.0. The van der Waals surface area contributed by atoms with Crippen molar-refractivity contribution in [2.45, 2.75) is 26.4 Å². The molecule has 0 spiro atoms. The highest BCUT2D eigenvalue weighted by Gasteiger charge is 2.16. The monoisotopic (exact) mass is 267 g/mol. The molecule has 3 rings (SSSR count). The molecule has 0 aliphatic carbocycles. The normalized spacial score (nSPS) is 14.8. The smallest absolute Gasteiger partial charge is 0.123 e. The van der Waals surface area contributed by atoms with Gasteiger partial charge in [-0.2, -0.15) is 0 Å². The van der Waals surface area contributed by atoms with Crippen molar-refractivity contribution in [1.82, 2.24) is 4.90 Å². The van der Waals surface area contributed by atoms with Gasteiger partial charge < -0.3 is 4.74 Å². The first-order valence-corrected chi connectivity index (χ1v) is 7.36. The lowest BCUT2D eigenvalue weighted by Crippen LogP contribution is -2.30. The quantitative estimate of drug-likeness (QED) is 0.838. The van der Waals surface area contributed by atoms with E-state index in [9.17, 15) is 0 Å². The molecule has 2 heteroatoms. The van der Waals surface area contributed by atoms with Crippen molar-refractivity contribution in [3.63, 3.8) is 0 Å². The first-order valence-electron chi connectivity index (χ1n) is 7.36. The van der Waals surface area contributed by atoms with Crippen LogP contribution in [0.1, 0.15) is 23.6 Å². The largest absolute Gasteiger partial charge is 0.494 e. The molecule has 0 aromatic heterocycles. The van der Waals surface area contributed by atoms with Crippen molar-refractivity contribution in [3.05, 3.63) is 65.2 Å². The second kappa shape index (κ2) is 6.10. The fourth-order valence-electron chi connectivity index (χ4n) is 2.86. The molecule has 20 heavy (non-hydrogen) atoms. The summed E-state index contributed by atoms with van der Waals surface area (Å²) in [6.07, 6.45) is 1.15. The summed E-state index contributed by atoms with van der Waals surface area (Å²) < 4.78 is 5.72. The Hall–Kier alpha value is -1.80. The topological polar surface area (TPSA) is 12.5 Å². The van der Waals surface area contributed by atoms with E-state index in [1.807, 2.05) is 13.0 Å². The van der Waals surface area contributed by atoms with Gasteiger partial charge in [-0.15, -0.1) is 0 Å². The van der Waals surface area contributed by atoms with E-state index in [0.717, 1.165) is 38.4 Å². The zero-order valence-electron chi connectivity index (χ0n) is 12.0. The van der Waals surface area contributed by atoms with Crippen molar-refractivity contribution in [2.24, 2.45) is 0 Å². The van der Waals surface area contributed by atoms with Crippen LogP contribution in [-0.2, 0) is 19.5 Å². The van der Waals surface area contributed by atoms with E-state index in [4.69, 9.17) is 4.74 Å². The van der Waals surface area contributed by atoms with Crippen LogP contribution in [0.25, 0.3) is 0 Å². The number of hydrogen-bond acceptors (Lipinski definition) is 2. The molecule has 2 aromatic rings. The van der Waals surface area contributed by atoms with Crippen molar-refractivity contribution < 1.29 is 4.74 Å². The summed E-state index contributed by atoms with van der Waals surface area (Å²) in [5, 5.41) is 0. The van der Waals surface area contributed by atoms with Crippen molar-refractivity contribution in [1.29, 1.82) is 0 Å². The molecule has 0 saturated heterocycles. The minimum absolute atomic E-state index is 0.722. The molecule has 0 bridgehead atoms. The van der Waals surface area contributed by atoms with E-state index in [2.05, 4.69) is 47.4 Å². The highest BCUT2D eigenvalue weighted by Crippen LogP contribution is 2.24. The van der Waals surface area contributed by atoms with E-state index in [1.165, 1.54) is 16.7 Å². The Balaban J connectivity index is 1.74. The van der Waals surface area contributed by atoms with Crippen LogP contribution in [0.3, 0.4) is 0 Å². The molecule has 1 heterocycles. The fourth-order valence-corrected chi connectivity index (χ4v) is 2.86. The maximum Gasteiger partial charge on any atom is 0.123 e. The lowest BCUT2D eigenvalue weighted by molar-refractivity contribution is 0.239. The number of nitrogens with zero attached hydrogens (tertiary/aromatic N) is 1. The van der Waals surface area contributed by atoms with Gasteiger partial charge in [-0.1, -0.05) is 42.5 Å². The number of fused-ring (bicyclic) bond motifs is 1. The molecule has 0 N–H and O–H groups in total. The van der Waals surface area contributed by atoms with E-state index < -0.39 is 0 Å². The molecule has 0 unspecified atom stereocenters. The molecule has 0 amide bonds. The van der Waals surface area contributed by atoms with Gasteiger partial charge in [-0.25, -0.2) is 0 Å². The molecule has 0 saturated carbocycles. The Bertz CT molecular complexity index is 579. The Morgan fingerprint density at radius 1 is 1.00 bits per heavy atom. The van der Waals surface area contributed by atoms with Crippen LogP contribution in [0.4, 0.5) is 0 Å². The third-order valence-electron chi connectivity index (χ3n) is 3.88. The molecule has 2 nitrogen and oxygen atoms in total. The molecular formula is C18H21NO. The van der Waals surface area contributed by atoms with Crippen LogP contribution in [0, 0.1) is 0 Å². The molecule has 1 aliphatic heterocycles. The van der Waals surface area contributed by atoms with Gasteiger partial charge in [-0.05, 0) is 30.5 Å². The standard InChI is InChI=1S/C18H21NO/c1-2-20-18-10-6-5-9-17(18)14-19-12-11-15-7-3-4-8-16(15)13-19/h3-10H,2,11-14H2,1H3. The lowest BCUT2D eigenvalue weighted by Gasteiger charge is -2.29. The maximum atomic E-state index is 5.72. The van der Waals surface area contributed by atoms with Gasteiger partial charge in [-0.3, -0.25) is 4.90 Å². The van der Waals surface area contributed by atoms with Gasteiger partial charge in [0.25, 0.3) is 0 Å². The highest BCUT2D eigenvalue weighted by molar-refractivity contribution is 5.34. The predicted octanol–water partition coefficient (Wildman–Crippen LogP) is 3.64. The predicted molar refractivity (Wildman–Crippen MR) is 81.9 cm³/mol. The molecule has 1 aliphatic rings. The number of rotatable bonds is 4. The van der Waals surface area contributed by atoms with Crippen LogP contribution in [-0.4, -0.2) is 18.1 Å². The highest BCUT2D eigenvalue weighted by atomic mass is 16.5. The molecule has 0 fully saturated rings. The Morgan fingerprint density at radius 2 is 1.75 bits per heavy atom. The second-order valence-corrected chi connectivity index (χ2v) is 5.27. The first-order chi connectivity index (χ1) is 9.86.